The molecule has 1 aromatic carbocycles. The van der Waals surface area contributed by atoms with E-state index in [0.29, 0.717) is 21.4 Å². The monoisotopic (exact) mass is 269 g/mol. The minimum absolute atomic E-state index is 0.310. The van der Waals surface area contributed by atoms with E-state index in [0.717, 1.165) is 0 Å². The lowest BCUT2D eigenvalue weighted by atomic mass is 10.3. The Hall–Kier alpha value is -1.52. The quantitative estimate of drug-likeness (QED) is 0.911. The molecule has 0 bridgehead atoms. The van der Waals surface area contributed by atoms with Crippen LogP contribution in [0.3, 0.4) is 0 Å². The lowest BCUT2D eigenvalue weighted by Gasteiger charge is -2.05. The Morgan fingerprint density at radius 1 is 1.35 bits per heavy atom. The molecule has 88 valence electrons. The van der Waals surface area contributed by atoms with E-state index in [1.807, 2.05) is 0 Å². The second-order valence-corrected chi connectivity index (χ2v) is 4.30. The fourth-order valence-corrected chi connectivity index (χ4v) is 1.77. The second kappa shape index (κ2) is 4.77. The minimum atomic E-state index is -0.310. The maximum Gasteiger partial charge on any atom is 0.276 e. The van der Waals surface area contributed by atoms with Crippen LogP contribution in [-0.2, 0) is 7.05 Å². The van der Waals surface area contributed by atoms with Gasteiger partial charge in [-0.2, -0.15) is 5.10 Å². The average molecular weight is 270 g/mol. The van der Waals surface area contributed by atoms with E-state index in [4.69, 9.17) is 23.2 Å². The Labute approximate surface area is 108 Å². The maximum absolute atomic E-state index is 11.8. The highest BCUT2D eigenvalue weighted by molar-refractivity contribution is 6.36. The summed E-state index contributed by atoms with van der Waals surface area (Å²) in [5.41, 5.74) is 0.838. The number of carbonyl (C=O) groups excluding carboxylic acids is 1. The molecule has 0 unspecified atom stereocenters. The van der Waals surface area contributed by atoms with Crippen LogP contribution in [-0.4, -0.2) is 15.7 Å². The van der Waals surface area contributed by atoms with Gasteiger partial charge in [0.1, 0.15) is 0 Å². The summed E-state index contributed by atoms with van der Waals surface area (Å²) < 4.78 is 1.55. The van der Waals surface area contributed by atoms with E-state index >= 15 is 0 Å². The van der Waals surface area contributed by atoms with Crippen molar-refractivity contribution in [1.29, 1.82) is 0 Å². The van der Waals surface area contributed by atoms with E-state index in [1.54, 1.807) is 42.2 Å². The molecule has 1 aromatic heterocycles. The predicted octanol–water partition coefficient (Wildman–Crippen LogP) is 2.98. The average Bonchev–Trinajstić information content (AvgIpc) is 2.69. The topological polar surface area (TPSA) is 46.9 Å². The van der Waals surface area contributed by atoms with Gasteiger partial charge in [-0.1, -0.05) is 23.2 Å². The van der Waals surface area contributed by atoms with E-state index in [2.05, 4.69) is 10.4 Å². The molecule has 0 atom stereocenters. The number of anilines is 1. The number of hydrogen-bond acceptors (Lipinski definition) is 2. The summed E-state index contributed by atoms with van der Waals surface area (Å²) in [6.07, 6.45) is 1.69. The zero-order valence-corrected chi connectivity index (χ0v) is 10.5. The van der Waals surface area contributed by atoms with Gasteiger partial charge in [0.2, 0.25) is 0 Å². The number of aromatic nitrogens is 2. The smallest absolute Gasteiger partial charge is 0.276 e. The van der Waals surface area contributed by atoms with Crippen molar-refractivity contribution >= 4 is 34.8 Å². The van der Waals surface area contributed by atoms with Crippen molar-refractivity contribution in [3.63, 3.8) is 0 Å². The first-order chi connectivity index (χ1) is 8.06. The molecule has 1 heterocycles. The van der Waals surface area contributed by atoms with Crippen molar-refractivity contribution in [2.45, 2.75) is 0 Å². The van der Waals surface area contributed by atoms with Crippen molar-refractivity contribution in [2.24, 2.45) is 7.05 Å². The molecule has 1 N–H and O–H groups in total. The summed E-state index contributed by atoms with van der Waals surface area (Å²) >= 11 is 11.7. The number of nitrogens with one attached hydrogen (secondary N) is 1. The zero-order chi connectivity index (χ0) is 12.4. The molecule has 2 aromatic rings. The molecule has 0 aliphatic heterocycles. The van der Waals surface area contributed by atoms with Crippen LogP contribution in [0.5, 0.6) is 0 Å². The molecule has 1 amide bonds. The first kappa shape index (κ1) is 12.0. The number of benzene rings is 1. The largest absolute Gasteiger partial charge is 0.319 e. The van der Waals surface area contributed by atoms with Gasteiger partial charge in [-0.15, -0.1) is 0 Å². The molecule has 0 aliphatic rings. The molecule has 2 rings (SSSR count). The fourth-order valence-electron chi connectivity index (χ4n) is 1.31. The highest BCUT2D eigenvalue weighted by atomic mass is 35.5. The van der Waals surface area contributed by atoms with Crippen LogP contribution in [0.2, 0.25) is 10.0 Å². The third-order valence-electron chi connectivity index (χ3n) is 2.13. The highest BCUT2D eigenvalue weighted by Gasteiger charge is 2.10. The normalized spacial score (nSPS) is 10.3. The maximum atomic E-state index is 11.8. The highest BCUT2D eigenvalue weighted by Crippen LogP contribution is 2.25. The van der Waals surface area contributed by atoms with E-state index in [1.165, 1.54) is 0 Å². The Morgan fingerprint density at radius 2 is 2.12 bits per heavy atom. The Bertz CT molecular complexity index is 566. The lowest BCUT2D eigenvalue weighted by Crippen LogP contribution is -2.13. The van der Waals surface area contributed by atoms with Crippen LogP contribution in [0, 0.1) is 0 Å². The first-order valence-electron chi connectivity index (χ1n) is 4.82. The van der Waals surface area contributed by atoms with Crippen LogP contribution in [0.15, 0.2) is 30.5 Å². The molecule has 0 radical (unpaired) electrons. The first-order valence-corrected chi connectivity index (χ1v) is 5.58. The Morgan fingerprint density at radius 3 is 2.71 bits per heavy atom. The summed E-state index contributed by atoms with van der Waals surface area (Å²) in [6.45, 7) is 0. The predicted molar refractivity (Wildman–Crippen MR) is 67.6 cm³/mol. The zero-order valence-electron chi connectivity index (χ0n) is 8.95. The number of hydrogen-bond donors (Lipinski definition) is 1. The van der Waals surface area contributed by atoms with Gasteiger partial charge in [0.05, 0.1) is 10.7 Å². The molecule has 0 saturated carbocycles. The van der Waals surface area contributed by atoms with Gasteiger partial charge in [-0.25, -0.2) is 0 Å². The molecular formula is C11H9Cl2N3O. The minimum Gasteiger partial charge on any atom is -0.319 e. The van der Waals surface area contributed by atoms with Crippen molar-refractivity contribution in [1.82, 2.24) is 9.78 Å². The molecule has 0 fully saturated rings. The standard InChI is InChI=1S/C11H9Cl2N3O/c1-16-5-4-10(15-16)11(17)14-9-3-2-7(12)6-8(9)13/h2-6H,1H3,(H,14,17). The molecule has 17 heavy (non-hydrogen) atoms. The van der Waals surface area contributed by atoms with Crippen molar-refractivity contribution in [3.8, 4) is 0 Å². The van der Waals surface area contributed by atoms with E-state index < -0.39 is 0 Å². The Kier molecular flexibility index (Phi) is 3.36. The SMILES string of the molecule is Cn1ccc(C(=O)Nc2ccc(Cl)cc2Cl)n1. The van der Waals surface area contributed by atoms with Crippen molar-refractivity contribution in [2.75, 3.05) is 5.32 Å². The summed E-state index contributed by atoms with van der Waals surface area (Å²) in [4.78, 5) is 11.8. The molecule has 0 spiro atoms. The number of nitrogens with zero attached hydrogens (tertiary/aromatic N) is 2. The van der Waals surface area contributed by atoms with Crippen molar-refractivity contribution in [3.05, 3.63) is 46.2 Å². The molecule has 6 heteroatoms. The van der Waals surface area contributed by atoms with Gasteiger partial charge in [0.25, 0.3) is 5.91 Å². The molecule has 0 aliphatic carbocycles. The second-order valence-electron chi connectivity index (χ2n) is 3.45. The third kappa shape index (κ3) is 2.78. The van der Waals surface area contributed by atoms with Crippen LogP contribution >= 0.6 is 23.2 Å². The summed E-state index contributed by atoms with van der Waals surface area (Å²) in [5.74, 6) is -0.310. The number of amides is 1. The summed E-state index contributed by atoms with van der Waals surface area (Å²) in [6, 6.07) is 6.49. The summed E-state index contributed by atoms with van der Waals surface area (Å²) in [5, 5.41) is 7.56. The van der Waals surface area contributed by atoms with Gasteiger partial charge >= 0.3 is 0 Å². The van der Waals surface area contributed by atoms with E-state index in [9.17, 15) is 4.79 Å². The molecule has 4 nitrogen and oxygen atoms in total. The Balaban J connectivity index is 2.18. The third-order valence-corrected chi connectivity index (χ3v) is 2.67. The fraction of sp³-hybridized carbons (Fsp3) is 0.0909. The summed E-state index contributed by atoms with van der Waals surface area (Å²) in [7, 11) is 1.74. The van der Waals surface area contributed by atoms with Gasteiger partial charge < -0.3 is 5.32 Å². The number of aryl methyl sites for hydroxylation is 1. The number of halogens is 2. The van der Waals surface area contributed by atoms with Crippen LogP contribution in [0.25, 0.3) is 0 Å². The van der Waals surface area contributed by atoms with Gasteiger partial charge in [-0.3, -0.25) is 9.48 Å². The lowest BCUT2D eigenvalue weighted by molar-refractivity contribution is 0.102. The number of rotatable bonds is 2. The van der Waals surface area contributed by atoms with Crippen molar-refractivity contribution < 1.29 is 4.79 Å². The van der Waals surface area contributed by atoms with Gasteiger partial charge in [0, 0.05) is 18.3 Å². The van der Waals surface area contributed by atoms with Gasteiger partial charge in [0.15, 0.2) is 5.69 Å². The van der Waals surface area contributed by atoms with Crippen LogP contribution in [0.4, 0.5) is 5.69 Å². The number of carbonyl (C=O) groups is 1. The van der Waals surface area contributed by atoms with Gasteiger partial charge in [-0.05, 0) is 24.3 Å². The van der Waals surface area contributed by atoms with Crippen LogP contribution in [0.1, 0.15) is 10.5 Å². The molecule has 0 saturated heterocycles. The van der Waals surface area contributed by atoms with Crippen LogP contribution < -0.4 is 5.32 Å². The molecular weight excluding hydrogens is 261 g/mol. The van der Waals surface area contributed by atoms with E-state index in [-0.39, 0.29) is 5.91 Å².